The third-order valence-corrected chi connectivity index (χ3v) is 4.72. The van der Waals surface area contributed by atoms with Crippen LogP contribution in [0.2, 0.25) is 0 Å². The fraction of sp³-hybridized carbons (Fsp3) is 0.278. The van der Waals surface area contributed by atoms with Crippen molar-refractivity contribution in [2.45, 2.75) is 6.42 Å². The Labute approximate surface area is 145 Å². The van der Waals surface area contributed by atoms with Gasteiger partial charge in [0.15, 0.2) is 5.43 Å². The molecular formula is C18H20ClNO2S. The molecule has 0 amide bonds. The van der Waals surface area contributed by atoms with Crippen molar-refractivity contribution >= 4 is 43.9 Å². The number of benzene rings is 2. The van der Waals surface area contributed by atoms with Crippen molar-refractivity contribution in [2.24, 2.45) is 0 Å². The Bertz CT molecular complexity index is 860. The van der Waals surface area contributed by atoms with Gasteiger partial charge in [-0.15, -0.1) is 23.7 Å². The largest absolute Gasteiger partial charge is 0.494 e. The first-order valence-corrected chi connectivity index (χ1v) is 8.20. The Morgan fingerprint density at radius 2 is 1.78 bits per heavy atom. The molecule has 0 bridgehead atoms. The van der Waals surface area contributed by atoms with Crippen molar-refractivity contribution < 1.29 is 4.74 Å². The van der Waals surface area contributed by atoms with Crippen molar-refractivity contribution in [1.29, 1.82) is 0 Å². The van der Waals surface area contributed by atoms with Gasteiger partial charge in [-0.3, -0.25) is 4.79 Å². The highest BCUT2D eigenvalue weighted by atomic mass is 35.5. The van der Waals surface area contributed by atoms with Gasteiger partial charge in [0.1, 0.15) is 5.75 Å². The van der Waals surface area contributed by atoms with E-state index in [2.05, 4.69) is 4.90 Å². The van der Waals surface area contributed by atoms with E-state index >= 15 is 0 Å². The molecule has 0 aliphatic carbocycles. The smallest absolute Gasteiger partial charge is 0.196 e. The minimum Gasteiger partial charge on any atom is -0.494 e. The van der Waals surface area contributed by atoms with Gasteiger partial charge in [-0.05, 0) is 50.8 Å². The van der Waals surface area contributed by atoms with E-state index in [1.807, 2.05) is 56.6 Å². The Kier molecular flexibility index (Phi) is 5.99. The minimum absolute atomic E-state index is 0. The molecule has 3 aromatic rings. The molecule has 0 fully saturated rings. The lowest BCUT2D eigenvalue weighted by atomic mass is 10.2. The minimum atomic E-state index is 0. The third-order valence-electron chi connectivity index (χ3n) is 3.57. The molecule has 5 heteroatoms. The normalized spacial score (nSPS) is 10.9. The van der Waals surface area contributed by atoms with Crippen LogP contribution in [0.1, 0.15) is 6.42 Å². The van der Waals surface area contributed by atoms with E-state index in [1.165, 1.54) is 0 Å². The topological polar surface area (TPSA) is 29.5 Å². The lowest BCUT2D eigenvalue weighted by Gasteiger charge is -2.10. The summed E-state index contributed by atoms with van der Waals surface area (Å²) in [7, 11) is 4.10. The highest BCUT2D eigenvalue weighted by molar-refractivity contribution is 7.24. The third kappa shape index (κ3) is 4.02. The van der Waals surface area contributed by atoms with Crippen LogP contribution in [0.15, 0.2) is 47.3 Å². The van der Waals surface area contributed by atoms with Crippen LogP contribution in [0.25, 0.3) is 20.2 Å². The number of rotatable bonds is 5. The van der Waals surface area contributed by atoms with Crippen LogP contribution in [-0.4, -0.2) is 32.1 Å². The number of ether oxygens (including phenoxy) is 1. The van der Waals surface area contributed by atoms with Gasteiger partial charge in [-0.25, -0.2) is 0 Å². The van der Waals surface area contributed by atoms with Crippen LogP contribution >= 0.6 is 23.7 Å². The second-order valence-electron chi connectivity index (χ2n) is 5.59. The maximum atomic E-state index is 12.6. The summed E-state index contributed by atoms with van der Waals surface area (Å²) in [6.45, 7) is 1.65. The van der Waals surface area contributed by atoms with Crippen molar-refractivity contribution in [1.82, 2.24) is 4.90 Å². The average Bonchev–Trinajstić information content (AvgIpc) is 2.52. The van der Waals surface area contributed by atoms with E-state index in [0.717, 1.165) is 38.9 Å². The Hall–Kier alpha value is -1.62. The molecule has 122 valence electrons. The SMILES string of the molecule is CN(C)CCCOc1ccc2sc3ccccc3c(=O)c2c1.Cl. The van der Waals surface area contributed by atoms with E-state index in [0.29, 0.717) is 6.61 Å². The number of halogens is 1. The summed E-state index contributed by atoms with van der Waals surface area (Å²) in [6, 6.07) is 13.6. The van der Waals surface area contributed by atoms with Crippen LogP contribution in [0.4, 0.5) is 0 Å². The number of hydrogen-bond acceptors (Lipinski definition) is 4. The molecule has 0 saturated heterocycles. The van der Waals surface area contributed by atoms with E-state index in [9.17, 15) is 4.79 Å². The van der Waals surface area contributed by atoms with Crippen molar-refractivity contribution in [3.8, 4) is 5.75 Å². The van der Waals surface area contributed by atoms with Crippen LogP contribution in [-0.2, 0) is 0 Å². The maximum Gasteiger partial charge on any atom is 0.196 e. The summed E-state index contributed by atoms with van der Waals surface area (Å²) in [6.07, 6.45) is 0.968. The molecule has 0 saturated carbocycles. The van der Waals surface area contributed by atoms with Crippen molar-refractivity contribution in [3.63, 3.8) is 0 Å². The summed E-state index contributed by atoms with van der Waals surface area (Å²) in [5.74, 6) is 0.769. The van der Waals surface area contributed by atoms with Crippen LogP contribution in [0.5, 0.6) is 5.75 Å². The van der Waals surface area contributed by atoms with Crippen molar-refractivity contribution in [3.05, 3.63) is 52.7 Å². The lowest BCUT2D eigenvalue weighted by Crippen LogP contribution is -2.15. The monoisotopic (exact) mass is 349 g/mol. The number of hydrogen-bond donors (Lipinski definition) is 0. The zero-order chi connectivity index (χ0) is 15.5. The molecule has 0 aliphatic heterocycles. The Morgan fingerprint density at radius 1 is 1.04 bits per heavy atom. The second-order valence-corrected chi connectivity index (χ2v) is 6.67. The van der Waals surface area contributed by atoms with Gasteiger partial charge < -0.3 is 9.64 Å². The molecule has 0 atom stereocenters. The zero-order valence-electron chi connectivity index (χ0n) is 13.2. The molecule has 0 N–H and O–H groups in total. The van der Waals surface area contributed by atoms with Gasteiger partial charge in [-0.1, -0.05) is 12.1 Å². The molecule has 1 heterocycles. The lowest BCUT2D eigenvalue weighted by molar-refractivity contribution is 0.282. The Morgan fingerprint density at radius 3 is 2.57 bits per heavy atom. The average molecular weight is 350 g/mol. The van der Waals surface area contributed by atoms with Gasteiger partial charge in [0, 0.05) is 26.7 Å². The van der Waals surface area contributed by atoms with Gasteiger partial charge in [-0.2, -0.15) is 0 Å². The molecule has 0 radical (unpaired) electrons. The molecule has 3 rings (SSSR count). The molecule has 2 aromatic carbocycles. The molecule has 1 aromatic heterocycles. The van der Waals surface area contributed by atoms with Crippen molar-refractivity contribution in [2.75, 3.05) is 27.2 Å². The summed E-state index contributed by atoms with van der Waals surface area (Å²) in [4.78, 5) is 14.7. The zero-order valence-corrected chi connectivity index (χ0v) is 14.9. The fourth-order valence-electron chi connectivity index (χ4n) is 2.44. The van der Waals surface area contributed by atoms with Gasteiger partial charge in [0.05, 0.1) is 6.61 Å². The summed E-state index contributed by atoms with van der Waals surface area (Å²) in [5.41, 5.74) is 0.0862. The van der Waals surface area contributed by atoms with E-state index in [4.69, 9.17) is 4.74 Å². The quantitative estimate of drug-likeness (QED) is 0.511. The van der Waals surface area contributed by atoms with Crippen LogP contribution < -0.4 is 10.2 Å². The molecule has 3 nitrogen and oxygen atoms in total. The highest BCUT2D eigenvalue weighted by Gasteiger charge is 2.07. The van der Waals surface area contributed by atoms with Crippen LogP contribution in [0, 0.1) is 0 Å². The fourth-order valence-corrected chi connectivity index (χ4v) is 3.49. The van der Waals surface area contributed by atoms with Gasteiger partial charge >= 0.3 is 0 Å². The maximum absolute atomic E-state index is 12.6. The molecule has 0 unspecified atom stereocenters. The second kappa shape index (κ2) is 7.77. The molecular weight excluding hydrogens is 330 g/mol. The Balaban J connectivity index is 0.00000192. The van der Waals surface area contributed by atoms with E-state index in [1.54, 1.807) is 11.3 Å². The number of nitrogens with zero attached hydrogens (tertiary/aromatic N) is 1. The highest BCUT2D eigenvalue weighted by Crippen LogP contribution is 2.27. The standard InChI is InChI=1S/C18H19NO2S.ClH/c1-19(2)10-5-11-21-13-8-9-17-15(12-13)18(20)14-6-3-4-7-16(14)22-17;/h3-4,6-9,12H,5,10-11H2,1-2H3;1H. The summed E-state index contributed by atoms with van der Waals surface area (Å²) in [5, 5.41) is 1.53. The first kappa shape index (κ1) is 17.7. The van der Waals surface area contributed by atoms with Gasteiger partial charge in [0.2, 0.25) is 0 Å². The van der Waals surface area contributed by atoms with E-state index < -0.39 is 0 Å². The van der Waals surface area contributed by atoms with E-state index in [-0.39, 0.29) is 17.8 Å². The summed E-state index contributed by atoms with van der Waals surface area (Å²) < 4.78 is 7.80. The first-order valence-electron chi connectivity index (χ1n) is 7.38. The summed E-state index contributed by atoms with van der Waals surface area (Å²) >= 11 is 1.64. The predicted octanol–water partition coefficient (Wildman–Crippen LogP) is 4.17. The van der Waals surface area contributed by atoms with Gasteiger partial charge in [0.25, 0.3) is 0 Å². The predicted molar refractivity (Wildman–Crippen MR) is 102 cm³/mol. The van der Waals surface area contributed by atoms with Crippen LogP contribution in [0.3, 0.4) is 0 Å². The molecule has 0 aliphatic rings. The number of fused-ring (bicyclic) bond motifs is 2. The molecule has 0 spiro atoms. The first-order chi connectivity index (χ1) is 10.6. The molecule has 23 heavy (non-hydrogen) atoms.